The minimum Gasteiger partial charge on any atom is -0.493 e. The number of anilines is 1. The van der Waals surface area contributed by atoms with Crippen LogP contribution < -0.4 is 24.2 Å². The van der Waals surface area contributed by atoms with Crippen LogP contribution in [0.1, 0.15) is 52.6 Å². The van der Waals surface area contributed by atoms with Gasteiger partial charge in [-0.1, -0.05) is 24.3 Å². The number of hydrogen-bond donors (Lipinski definition) is 3. The van der Waals surface area contributed by atoms with E-state index in [-0.39, 0.29) is 17.2 Å². The standard InChI is InChI=1S/C36H40N2O8S/c1-6-44-33-19-26(10-12-31(33)36(40)43-5)27-16-22(2)35(23(3)17-27)45-15-14-37-24(4)34(39)30-13-11-28-20-32(30)38-47(41,42)29-9-7-8-25(18-29)21-46-28/h7-13,16-20,24,34,37-39H,6,14-15,21H2,1-5H3/t24-,34-/m0/s1. The summed E-state index contributed by atoms with van der Waals surface area (Å²) in [4.78, 5) is 12.3. The molecule has 0 saturated carbocycles. The van der Waals surface area contributed by atoms with E-state index in [1.54, 1.807) is 36.4 Å². The number of nitrogens with one attached hydrogen (secondary N) is 2. The van der Waals surface area contributed by atoms with Crippen molar-refractivity contribution in [3.8, 4) is 28.4 Å². The van der Waals surface area contributed by atoms with E-state index in [0.29, 0.717) is 42.4 Å². The zero-order chi connectivity index (χ0) is 33.7. The number of benzene rings is 4. The van der Waals surface area contributed by atoms with Gasteiger partial charge in [-0.25, -0.2) is 13.2 Å². The molecule has 0 amide bonds. The molecule has 4 aromatic rings. The van der Waals surface area contributed by atoms with Gasteiger partial charge >= 0.3 is 5.97 Å². The van der Waals surface area contributed by atoms with Crippen LogP contribution in [0.5, 0.6) is 17.2 Å². The fraction of sp³-hybridized carbons (Fsp3) is 0.306. The van der Waals surface area contributed by atoms with Crippen LogP contribution in [0.3, 0.4) is 0 Å². The molecule has 1 aliphatic heterocycles. The van der Waals surface area contributed by atoms with Crippen molar-refractivity contribution in [1.82, 2.24) is 5.32 Å². The number of esters is 1. The molecule has 0 spiro atoms. The summed E-state index contributed by atoms with van der Waals surface area (Å²) in [7, 11) is -2.53. The average molecular weight is 661 g/mol. The molecular formula is C36H40N2O8S. The molecule has 11 heteroatoms. The lowest BCUT2D eigenvalue weighted by Gasteiger charge is -2.24. The monoisotopic (exact) mass is 660 g/mol. The Morgan fingerprint density at radius 2 is 1.77 bits per heavy atom. The van der Waals surface area contributed by atoms with E-state index < -0.39 is 28.1 Å². The summed E-state index contributed by atoms with van der Waals surface area (Å²) >= 11 is 0. The topological polar surface area (TPSA) is 132 Å². The third kappa shape index (κ3) is 7.70. The van der Waals surface area contributed by atoms with E-state index in [9.17, 15) is 18.3 Å². The van der Waals surface area contributed by atoms with Crippen molar-refractivity contribution in [2.75, 3.05) is 31.6 Å². The van der Waals surface area contributed by atoms with Crippen LogP contribution in [-0.4, -0.2) is 52.4 Å². The van der Waals surface area contributed by atoms with E-state index in [2.05, 4.69) is 10.0 Å². The lowest BCUT2D eigenvalue weighted by atomic mass is 9.98. The predicted molar refractivity (Wildman–Crippen MR) is 180 cm³/mol. The van der Waals surface area contributed by atoms with Gasteiger partial charge in [0.15, 0.2) is 0 Å². The van der Waals surface area contributed by atoms with Crippen LogP contribution in [0, 0.1) is 13.8 Å². The molecule has 4 bridgehead atoms. The number of fused-ring (bicyclic) bond motifs is 4. The highest BCUT2D eigenvalue weighted by molar-refractivity contribution is 7.92. The fourth-order valence-corrected chi connectivity index (χ4v) is 6.71. The Hall–Kier alpha value is -4.58. The first-order valence-corrected chi connectivity index (χ1v) is 16.9. The molecule has 10 nitrogen and oxygen atoms in total. The SMILES string of the molecule is CCOc1cc(-c2cc(C)c(OCCN[C@@H](C)[C@H](O)c3ccc4cc3NS(=O)(=O)c3cccc(c3)CO4)c(C)c2)ccc1C(=O)OC. The third-order valence-corrected chi connectivity index (χ3v) is 9.33. The van der Waals surface area contributed by atoms with E-state index in [0.717, 1.165) is 33.6 Å². The van der Waals surface area contributed by atoms with Gasteiger partial charge in [0.25, 0.3) is 10.0 Å². The first-order valence-electron chi connectivity index (χ1n) is 15.4. The van der Waals surface area contributed by atoms with Crippen LogP contribution >= 0.6 is 0 Å². The lowest BCUT2D eigenvalue weighted by molar-refractivity contribution is 0.0596. The number of sulfonamides is 1. The molecule has 0 aromatic heterocycles. The van der Waals surface area contributed by atoms with Crippen molar-refractivity contribution in [3.63, 3.8) is 0 Å². The zero-order valence-corrected chi connectivity index (χ0v) is 27.9. The summed E-state index contributed by atoms with van der Waals surface area (Å²) in [6, 6.07) is 20.6. The smallest absolute Gasteiger partial charge is 0.341 e. The molecule has 1 heterocycles. The molecule has 248 valence electrons. The maximum atomic E-state index is 13.1. The average Bonchev–Trinajstić information content (AvgIpc) is 3.05. The van der Waals surface area contributed by atoms with E-state index in [1.807, 2.05) is 58.0 Å². The molecule has 0 radical (unpaired) electrons. The summed E-state index contributed by atoms with van der Waals surface area (Å²) in [6.45, 7) is 9.05. The normalized spacial score (nSPS) is 14.6. The molecule has 1 aliphatic rings. The number of methoxy groups -OCH3 is 1. The summed E-state index contributed by atoms with van der Waals surface area (Å²) < 4.78 is 51.5. The minimum absolute atomic E-state index is 0.125. The summed E-state index contributed by atoms with van der Waals surface area (Å²) in [6.07, 6.45) is -1.02. The van der Waals surface area contributed by atoms with Crippen molar-refractivity contribution in [1.29, 1.82) is 0 Å². The largest absolute Gasteiger partial charge is 0.493 e. The van der Waals surface area contributed by atoms with Crippen molar-refractivity contribution in [2.24, 2.45) is 0 Å². The van der Waals surface area contributed by atoms with Gasteiger partial charge in [0.05, 0.1) is 30.4 Å². The second-order valence-corrected chi connectivity index (χ2v) is 13.1. The number of hydrogen-bond acceptors (Lipinski definition) is 9. The van der Waals surface area contributed by atoms with Crippen LogP contribution in [0.2, 0.25) is 0 Å². The molecule has 5 rings (SSSR count). The van der Waals surface area contributed by atoms with Gasteiger partial charge in [0, 0.05) is 24.2 Å². The lowest BCUT2D eigenvalue weighted by Crippen LogP contribution is -2.35. The molecule has 0 unspecified atom stereocenters. The zero-order valence-electron chi connectivity index (χ0n) is 27.1. The molecule has 0 saturated heterocycles. The number of carbonyl (C=O) groups is 1. The van der Waals surface area contributed by atoms with Crippen molar-refractivity contribution < 1.29 is 37.3 Å². The number of carbonyl (C=O) groups excluding carboxylic acids is 1. The van der Waals surface area contributed by atoms with Crippen LogP contribution in [0.4, 0.5) is 5.69 Å². The van der Waals surface area contributed by atoms with Crippen LogP contribution in [0.25, 0.3) is 11.1 Å². The van der Waals surface area contributed by atoms with Gasteiger partial charge in [0.1, 0.15) is 36.0 Å². The summed E-state index contributed by atoms with van der Waals surface area (Å²) in [5, 5.41) is 14.5. The Morgan fingerprint density at radius 1 is 1.00 bits per heavy atom. The summed E-state index contributed by atoms with van der Waals surface area (Å²) in [5.41, 5.74) is 5.54. The van der Waals surface area contributed by atoms with Gasteiger partial charge in [0.2, 0.25) is 0 Å². The molecular weight excluding hydrogens is 620 g/mol. The number of aliphatic hydroxyl groups excluding tert-OH is 1. The third-order valence-electron chi connectivity index (χ3n) is 7.97. The molecule has 3 N–H and O–H groups in total. The van der Waals surface area contributed by atoms with Gasteiger partial charge in [-0.15, -0.1) is 0 Å². The molecule has 2 atom stereocenters. The quantitative estimate of drug-likeness (QED) is 0.132. The molecule has 0 aliphatic carbocycles. The Bertz CT molecular complexity index is 1850. The van der Waals surface area contributed by atoms with E-state index >= 15 is 0 Å². The first-order chi connectivity index (χ1) is 22.5. The van der Waals surface area contributed by atoms with Crippen LogP contribution in [-0.2, 0) is 21.4 Å². The number of ether oxygens (including phenoxy) is 4. The number of rotatable bonds is 11. The Morgan fingerprint density at radius 3 is 2.49 bits per heavy atom. The highest BCUT2D eigenvalue weighted by Crippen LogP contribution is 2.34. The van der Waals surface area contributed by atoms with Gasteiger partial charge in [-0.2, -0.15) is 0 Å². The van der Waals surface area contributed by atoms with Gasteiger partial charge in [-0.05, 0) is 98.0 Å². The van der Waals surface area contributed by atoms with Crippen molar-refractivity contribution in [2.45, 2.75) is 51.3 Å². The minimum atomic E-state index is -3.87. The number of aliphatic hydroxyl groups is 1. The van der Waals surface area contributed by atoms with Gasteiger partial charge in [-0.3, -0.25) is 4.72 Å². The van der Waals surface area contributed by atoms with Crippen molar-refractivity contribution >= 4 is 21.7 Å². The van der Waals surface area contributed by atoms with E-state index in [4.69, 9.17) is 18.9 Å². The van der Waals surface area contributed by atoms with E-state index in [1.165, 1.54) is 13.2 Å². The summed E-state index contributed by atoms with van der Waals surface area (Å²) in [5.74, 6) is 1.26. The highest BCUT2D eigenvalue weighted by Gasteiger charge is 2.24. The molecule has 0 fully saturated rings. The fourth-order valence-electron chi connectivity index (χ4n) is 5.56. The maximum Gasteiger partial charge on any atom is 0.341 e. The predicted octanol–water partition coefficient (Wildman–Crippen LogP) is 5.94. The Labute approximate surface area is 275 Å². The Balaban J connectivity index is 1.23. The number of aryl methyl sites for hydroxylation is 2. The van der Waals surface area contributed by atoms with Gasteiger partial charge < -0.3 is 29.4 Å². The van der Waals surface area contributed by atoms with Crippen molar-refractivity contribution in [3.05, 3.63) is 101 Å². The second-order valence-electron chi connectivity index (χ2n) is 11.4. The van der Waals surface area contributed by atoms with Crippen LogP contribution in [0.15, 0.2) is 77.7 Å². The Kier molecular flexibility index (Phi) is 10.4. The second kappa shape index (κ2) is 14.5. The molecule has 4 aromatic carbocycles. The highest BCUT2D eigenvalue weighted by atomic mass is 32.2. The first kappa shape index (κ1) is 33.8. The molecule has 47 heavy (non-hydrogen) atoms. The maximum absolute atomic E-state index is 13.1.